The van der Waals surface area contributed by atoms with Gasteiger partial charge in [0.05, 0.1) is 7.11 Å². The molecule has 29 heavy (non-hydrogen) atoms. The number of methoxy groups -OCH3 is 1. The summed E-state index contributed by atoms with van der Waals surface area (Å²) in [5, 5.41) is 0. The lowest BCUT2D eigenvalue weighted by Crippen LogP contribution is -2.50. The van der Waals surface area contributed by atoms with Gasteiger partial charge in [-0.3, -0.25) is 4.90 Å². The van der Waals surface area contributed by atoms with Crippen molar-refractivity contribution in [1.29, 1.82) is 0 Å². The second kappa shape index (κ2) is 11.3. The van der Waals surface area contributed by atoms with Gasteiger partial charge < -0.3 is 13.9 Å². The Labute approximate surface area is 179 Å². The molecule has 0 bridgehead atoms. The number of likely N-dealkylation sites (N-methyl/N-ethyl adjacent to an activating group) is 1. The maximum absolute atomic E-state index is 12.5. The summed E-state index contributed by atoms with van der Waals surface area (Å²) in [6, 6.07) is -0.716. The van der Waals surface area contributed by atoms with Gasteiger partial charge >= 0.3 is 12.1 Å². The number of nitrogens with zero attached hydrogens (tertiary/aromatic N) is 1. The molecule has 0 N–H and O–H groups in total. The van der Waals surface area contributed by atoms with Crippen molar-refractivity contribution < 1.29 is 23.5 Å². The highest BCUT2D eigenvalue weighted by molar-refractivity contribution is 6.77. The number of rotatable bonds is 10. The Morgan fingerprint density at radius 1 is 0.931 bits per heavy atom. The van der Waals surface area contributed by atoms with E-state index in [1.807, 2.05) is 6.92 Å². The minimum absolute atomic E-state index is 0.127. The number of amides is 1. The predicted octanol–water partition coefficient (Wildman–Crippen LogP) is 5.61. The summed E-state index contributed by atoms with van der Waals surface area (Å²) in [5.41, 5.74) is 0.867. The van der Waals surface area contributed by atoms with Gasteiger partial charge in [-0.1, -0.05) is 48.5 Å². The Hall–Kier alpha value is -1.08. The Morgan fingerprint density at radius 3 is 1.72 bits per heavy atom. The summed E-state index contributed by atoms with van der Waals surface area (Å²) in [5.74, 6) is -0.566. The summed E-state index contributed by atoms with van der Waals surface area (Å²) in [4.78, 5) is 26.3. The number of carbonyl (C=O) groups excluding carboxylic acids is 2. The zero-order valence-corrected chi connectivity index (χ0v) is 21.8. The van der Waals surface area contributed by atoms with E-state index < -0.39 is 32.0 Å². The third-order valence-electron chi connectivity index (χ3n) is 5.71. The molecule has 2 atom stereocenters. The molecule has 0 aliphatic carbocycles. The van der Waals surface area contributed by atoms with Crippen LogP contribution in [0.5, 0.6) is 0 Å². The number of hydrogen-bond donors (Lipinski definition) is 0. The molecule has 0 aromatic rings. The fraction of sp³-hybridized carbons (Fsp3) is 0.909. The molecule has 7 heteroatoms. The van der Waals surface area contributed by atoms with E-state index in [1.54, 1.807) is 27.8 Å². The van der Waals surface area contributed by atoms with Gasteiger partial charge in [-0.05, 0) is 49.7 Å². The molecule has 0 radical (unpaired) electrons. The van der Waals surface area contributed by atoms with Gasteiger partial charge in [0.15, 0.2) is 8.32 Å². The number of carbonyl (C=O) groups is 2. The molecule has 0 rings (SSSR count). The smallest absolute Gasteiger partial charge is 0.410 e. The molecule has 0 aromatic heterocycles. The highest BCUT2D eigenvalue weighted by Gasteiger charge is 2.45. The lowest BCUT2D eigenvalue weighted by molar-refractivity contribution is -0.148. The minimum Gasteiger partial charge on any atom is -0.467 e. The normalized spacial score (nSPS) is 14.9. The molecular formula is C22H45NO5Si. The van der Waals surface area contributed by atoms with Crippen molar-refractivity contribution in [2.75, 3.05) is 20.8 Å². The first kappa shape index (κ1) is 27.9. The molecule has 0 heterocycles. The van der Waals surface area contributed by atoms with Crippen molar-refractivity contribution in [3.63, 3.8) is 0 Å². The maximum atomic E-state index is 12.5. The molecule has 172 valence electrons. The van der Waals surface area contributed by atoms with E-state index in [0.717, 1.165) is 0 Å². The van der Waals surface area contributed by atoms with Gasteiger partial charge in [-0.15, -0.1) is 0 Å². The summed E-state index contributed by atoms with van der Waals surface area (Å²) in [7, 11) is 0.962. The summed E-state index contributed by atoms with van der Waals surface area (Å²) < 4.78 is 17.0. The third-order valence-corrected chi connectivity index (χ3v) is 11.8. The third kappa shape index (κ3) is 7.59. The maximum Gasteiger partial charge on any atom is 0.410 e. The Balaban J connectivity index is 5.33. The van der Waals surface area contributed by atoms with Gasteiger partial charge in [0.1, 0.15) is 11.6 Å². The molecular weight excluding hydrogens is 386 g/mol. The van der Waals surface area contributed by atoms with Crippen LogP contribution in [0.1, 0.15) is 75.7 Å². The van der Waals surface area contributed by atoms with Crippen molar-refractivity contribution in [3.05, 3.63) is 0 Å². The van der Waals surface area contributed by atoms with Gasteiger partial charge in [-0.25, -0.2) is 9.59 Å². The number of hydrogen-bond acceptors (Lipinski definition) is 5. The van der Waals surface area contributed by atoms with Gasteiger partial charge in [-0.2, -0.15) is 0 Å². The second-order valence-corrected chi connectivity index (χ2v) is 15.5. The van der Waals surface area contributed by atoms with Crippen molar-refractivity contribution >= 4 is 20.4 Å². The minimum atomic E-state index is -1.97. The van der Waals surface area contributed by atoms with Crippen LogP contribution < -0.4 is 0 Å². The second-order valence-electron chi connectivity index (χ2n) is 9.99. The zero-order valence-electron chi connectivity index (χ0n) is 20.8. The largest absolute Gasteiger partial charge is 0.467 e. The first-order valence-corrected chi connectivity index (χ1v) is 12.9. The van der Waals surface area contributed by atoms with Crippen LogP contribution in [0.15, 0.2) is 0 Å². The predicted molar refractivity (Wildman–Crippen MR) is 121 cm³/mol. The number of ether oxygens (including phenoxy) is 2. The SMILES string of the molecule is COC(=O)[C@H]([C@@H](C)CCO[Si](C(C)C)(C(C)C)C(C)C)N(C)C(=O)OC(C)(C)C. The van der Waals surface area contributed by atoms with Crippen LogP contribution in [0.3, 0.4) is 0 Å². The van der Waals surface area contributed by atoms with Crippen molar-refractivity contribution in [1.82, 2.24) is 4.90 Å². The quantitative estimate of drug-likeness (QED) is 0.332. The Kier molecular flexibility index (Phi) is 10.9. The van der Waals surface area contributed by atoms with Crippen LogP contribution in [-0.2, 0) is 18.7 Å². The van der Waals surface area contributed by atoms with E-state index in [4.69, 9.17) is 13.9 Å². The average molecular weight is 432 g/mol. The standard InChI is InChI=1S/C22H45NO5Si/c1-15(2)29(16(3)4,17(5)6)27-14-13-18(7)19(20(24)26-12)23(11)21(25)28-22(8,9)10/h15-19H,13-14H2,1-12H3/t18-,19-/m0/s1. The van der Waals surface area contributed by atoms with Crippen LogP contribution in [0.25, 0.3) is 0 Å². The molecule has 0 saturated heterocycles. The molecule has 0 aliphatic rings. The van der Waals surface area contributed by atoms with Gasteiger partial charge in [0.25, 0.3) is 0 Å². The van der Waals surface area contributed by atoms with Crippen LogP contribution >= 0.6 is 0 Å². The topological polar surface area (TPSA) is 65.1 Å². The van der Waals surface area contributed by atoms with Crippen LogP contribution in [0.4, 0.5) is 4.79 Å². The Bertz CT molecular complexity index is 506. The van der Waals surface area contributed by atoms with E-state index in [1.165, 1.54) is 12.0 Å². The van der Waals surface area contributed by atoms with E-state index >= 15 is 0 Å². The van der Waals surface area contributed by atoms with E-state index in [9.17, 15) is 9.59 Å². The molecule has 0 spiro atoms. The van der Waals surface area contributed by atoms with E-state index in [2.05, 4.69) is 41.5 Å². The summed E-state index contributed by atoms with van der Waals surface area (Å²) in [6.45, 7) is 21.4. The van der Waals surface area contributed by atoms with Crippen molar-refractivity contribution in [2.24, 2.45) is 5.92 Å². The van der Waals surface area contributed by atoms with E-state index in [0.29, 0.717) is 29.7 Å². The summed E-state index contributed by atoms with van der Waals surface area (Å²) >= 11 is 0. The molecule has 0 aliphatic heterocycles. The van der Waals surface area contributed by atoms with Gasteiger partial charge in [0, 0.05) is 13.7 Å². The summed E-state index contributed by atoms with van der Waals surface area (Å²) in [6.07, 6.45) is 0.129. The molecule has 0 aromatic carbocycles. The van der Waals surface area contributed by atoms with Crippen LogP contribution in [0.2, 0.25) is 16.6 Å². The van der Waals surface area contributed by atoms with Crippen LogP contribution in [-0.4, -0.2) is 57.7 Å². The molecule has 1 amide bonds. The molecule has 0 fully saturated rings. The zero-order chi connectivity index (χ0) is 23.2. The fourth-order valence-electron chi connectivity index (χ4n) is 4.42. The molecule has 0 unspecified atom stereocenters. The molecule has 0 saturated carbocycles. The average Bonchev–Trinajstić information content (AvgIpc) is 2.55. The Morgan fingerprint density at radius 2 is 1.38 bits per heavy atom. The monoisotopic (exact) mass is 431 g/mol. The number of esters is 1. The van der Waals surface area contributed by atoms with Crippen molar-refractivity contribution in [3.8, 4) is 0 Å². The lowest BCUT2D eigenvalue weighted by atomic mass is 9.97. The van der Waals surface area contributed by atoms with Crippen molar-refractivity contribution in [2.45, 2.75) is 104 Å². The van der Waals surface area contributed by atoms with E-state index in [-0.39, 0.29) is 5.92 Å². The van der Waals surface area contributed by atoms with Gasteiger partial charge in [0.2, 0.25) is 0 Å². The lowest BCUT2D eigenvalue weighted by Gasteiger charge is -2.42. The highest BCUT2D eigenvalue weighted by atomic mass is 28.4. The van der Waals surface area contributed by atoms with Crippen LogP contribution in [0, 0.1) is 5.92 Å². The molecule has 6 nitrogen and oxygen atoms in total. The highest BCUT2D eigenvalue weighted by Crippen LogP contribution is 2.42. The fourth-order valence-corrected chi connectivity index (χ4v) is 9.89. The first-order chi connectivity index (χ1) is 13.1. The first-order valence-electron chi connectivity index (χ1n) is 10.8.